The molecule has 2 aromatic rings. The maximum absolute atomic E-state index is 12.7. The fourth-order valence-corrected chi connectivity index (χ4v) is 3.25. The fraction of sp³-hybridized carbons (Fsp3) is 0.455. The Morgan fingerprint density at radius 3 is 2.62 bits per heavy atom. The molecule has 4 rings (SSSR count). The molecule has 1 aliphatic carbocycles. The number of phenolic OH excluding ortho intramolecular Hbond substituents is 1. The second kappa shape index (κ2) is 9.99. The van der Waals surface area contributed by atoms with Gasteiger partial charge in [0.05, 0.1) is 12.2 Å². The molecule has 0 atom stereocenters. The number of likely N-dealkylation sites (tertiary alicyclic amines) is 1. The topological polar surface area (TPSA) is 116 Å². The summed E-state index contributed by atoms with van der Waals surface area (Å²) in [4.78, 5) is 31.8. The number of carbonyl (C=O) groups excluding carboxylic acids is 2. The van der Waals surface area contributed by atoms with Crippen molar-refractivity contribution in [1.29, 1.82) is 0 Å². The summed E-state index contributed by atoms with van der Waals surface area (Å²) in [5.74, 6) is -2.46. The molecule has 0 bridgehead atoms. The van der Waals surface area contributed by atoms with Gasteiger partial charge in [-0.1, -0.05) is 0 Å². The number of nitrogens with zero attached hydrogens (tertiary/aromatic N) is 3. The molecule has 1 saturated heterocycles. The highest BCUT2D eigenvalue weighted by molar-refractivity contribution is 5.93. The molecule has 2 amide bonds. The van der Waals surface area contributed by atoms with Gasteiger partial charge in [0.1, 0.15) is 24.5 Å². The SMILES string of the molecule is Cc1cc(-c2cc(NC(=O)C3CC3)ncn2)ccc1O.O=C(CO)N1CCCC(F)(F)C1. The Labute approximate surface area is 184 Å². The van der Waals surface area contributed by atoms with E-state index in [0.717, 1.165) is 28.9 Å². The van der Waals surface area contributed by atoms with Crippen molar-refractivity contribution < 1.29 is 28.6 Å². The summed E-state index contributed by atoms with van der Waals surface area (Å²) in [6.45, 7) is 0.924. The molecule has 1 saturated carbocycles. The van der Waals surface area contributed by atoms with Gasteiger partial charge in [-0.25, -0.2) is 18.7 Å². The number of phenols is 1. The first-order valence-electron chi connectivity index (χ1n) is 10.4. The molecule has 172 valence electrons. The summed E-state index contributed by atoms with van der Waals surface area (Å²) in [6.07, 6.45) is 3.49. The number of nitrogens with one attached hydrogen (secondary N) is 1. The number of benzene rings is 1. The van der Waals surface area contributed by atoms with Crippen LogP contribution >= 0.6 is 0 Å². The molecule has 32 heavy (non-hydrogen) atoms. The maximum Gasteiger partial charge on any atom is 0.265 e. The highest BCUT2D eigenvalue weighted by atomic mass is 19.3. The van der Waals surface area contributed by atoms with Crippen molar-refractivity contribution in [2.75, 3.05) is 25.0 Å². The minimum atomic E-state index is -2.77. The quantitative estimate of drug-likeness (QED) is 0.663. The van der Waals surface area contributed by atoms with Crippen LogP contribution in [0.3, 0.4) is 0 Å². The van der Waals surface area contributed by atoms with Crippen LogP contribution in [0, 0.1) is 12.8 Å². The third kappa shape index (κ3) is 6.43. The number of halogens is 2. The van der Waals surface area contributed by atoms with E-state index in [1.54, 1.807) is 18.2 Å². The van der Waals surface area contributed by atoms with Crippen LogP contribution in [0.2, 0.25) is 0 Å². The Balaban J connectivity index is 0.000000207. The van der Waals surface area contributed by atoms with Gasteiger partial charge in [-0.15, -0.1) is 0 Å². The molecule has 0 radical (unpaired) electrons. The van der Waals surface area contributed by atoms with E-state index in [2.05, 4.69) is 15.3 Å². The number of anilines is 1. The molecule has 2 fully saturated rings. The molecule has 8 nitrogen and oxygen atoms in total. The van der Waals surface area contributed by atoms with Crippen molar-refractivity contribution >= 4 is 17.6 Å². The van der Waals surface area contributed by atoms with Gasteiger partial charge in [-0.05, 0) is 49.9 Å². The van der Waals surface area contributed by atoms with Crippen LogP contribution in [0.5, 0.6) is 5.75 Å². The molecule has 10 heteroatoms. The molecule has 2 heterocycles. The highest BCUT2D eigenvalue weighted by Gasteiger charge is 2.36. The van der Waals surface area contributed by atoms with Crippen LogP contribution < -0.4 is 5.32 Å². The van der Waals surface area contributed by atoms with Gasteiger partial charge in [-0.3, -0.25) is 9.59 Å². The third-order valence-electron chi connectivity index (χ3n) is 5.24. The number of hydrogen-bond donors (Lipinski definition) is 3. The first-order valence-corrected chi connectivity index (χ1v) is 10.4. The predicted octanol–water partition coefficient (Wildman–Crippen LogP) is 2.74. The number of aromatic nitrogens is 2. The molecule has 1 aliphatic heterocycles. The van der Waals surface area contributed by atoms with E-state index in [0.29, 0.717) is 24.5 Å². The van der Waals surface area contributed by atoms with E-state index >= 15 is 0 Å². The average molecular weight is 448 g/mol. The van der Waals surface area contributed by atoms with Gasteiger partial charge in [0.2, 0.25) is 11.8 Å². The van der Waals surface area contributed by atoms with Gasteiger partial charge in [0, 0.05) is 30.5 Å². The van der Waals surface area contributed by atoms with Crippen LogP contribution in [-0.2, 0) is 9.59 Å². The Kier molecular flexibility index (Phi) is 7.34. The molecule has 0 spiro atoms. The lowest BCUT2D eigenvalue weighted by Crippen LogP contribution is -2.46. The zero-order valence-electron chi connectivity index (χ0n) is 17.7. The number of aliphatic hydroxyl groups is 1. The van der Waals surface area contributed by atoms with Crippen LogP contribution in [0.1, 0.15) is 31.2 Å². The van der Waals surface area contributed by atoms with Crippen molar-refractivity contribution in [3.63, 3.8) is 0 Å². The number of aliphatic hydroxyl groups excluding tert-OH is 1. The first kappa shape index (κ1) is 23.5. The number of alkyl halides is 2. The smallest absolute Gasteiger partial charge is 0.265 e. The molecule has 2 aliphatic rings. The Morgan fingerprint density at radius 1 is 1.25 bits per heavy atom. The summed E-state index contributed by atoms with van der Waals surface area (Å²) in [7, 11) is 0. The number of piperidine rings is 1. The van der Waals surface area contributed by atoms with Gasteiger partial charge in [0.15, 0.2) is 0 Å². The summed E-state index contributed by atoms with van der Waals surface area (Å²) >= 11 is 0. The van der Waals surface area contributed by atoms with Gasteiger partial charge < -0.3 is 20.4 Å². The molecule has 1 aromatic heterocycles. The van der Waals surface area contributed by atoms with Crippen LogP contribution in [0.25, 0.3) is 11.3 Å². The lowest BCUT2D eigenvalue weighted by Gasteiger charge is -2.31. The molecule has 1 aromatic carbocycles. The normalized spacial score (nSPS) is 17.2. The second-order valence-electron chi connectivity index (χ2n) is 7.99. The lowest BCUT2D eigenvalue weighted by molar-refractivity contribution is -0.144. The van der Waals surface area contributed by atoms with Crippen molar-refractivity contribution in [2.45, 2.75) is 38.5 Å². The van der Waals surface area contributed by atoms with Crippen LogP contribution in [0.15, 0.2) is 30.6 Å². The predicted molar refractivity (Wildman–Crippen MR) is 113 cm³/mol. The van der Waals surface area contributed by atoms with Gasteiger partial charge in [-0.2, -0.15) is 0 Å². The fourth-order valence-electron chi connectivity index (χ4n) is 3.25. The van der Waals surface area contributed by atoms with Crippen LogP contribution in [-0.4, -0.2) is 62.5 Å². The number of amides is 2. The monoisotopic (exact) mass is 448 g/mol. The zero-order chi connectivity index (χ0) is 23.3. The van der Waals surface area contributed by atoms with Crippen molar-refractivity contribution in [2.24, 2.45) is 5.92 Å². The summed E-state index contributed by atoms with van der Waals surface area (Å²) in [6, 6.07) is 7.02. The van der Waals surface area contributed by atoms with E-state index in [9.17, 15) is 23.5 Å². The minimum Gasteiger partial charge on any atom is -0.508 e. The minimum absolute atomic E-state index is 0.0246. The third-order valence-corrected chi connectivity index (χ3v) is 5.24. The number of rotatable bonds is 4. The van der Waals surface area contributed by atoms with E-state index in [4.69, 9.17) is 5.11 Å². The van der Waals surface area contributed by atoms with E-state index in [1.165, 1.54) is 6.33 Å². The largest absolute Gasteiger partial charge is 0.508 e. The summed E-state index contributed by atoms with van der Waals surface area (Å²) < 4.78 is 25.4. The Morgan fingerprint density at radius 2 is 2.00 bits per heavy atom. The average Bonchev–Trinajstić information content (AvgIpc) is 3.61. The maximum atomic E-state index is 12.7. The van der Waals surface area contributed by atoms with Crippen LogP contribution in [0.4, 0.5) is 14.6 Å². The van der Waals surface area contributed by atoms with Gasteiger partial charge in [0.25, 0.3) is 5.92 Å². The number of aromatic hydroxyl groups is 1. The molecule has 3 N–H and O–H groups in total. The highest BCUT2D eigenvalue weighted by Crippen LogP contribution is 2.30. The van der Waals surface area contributed by atoms with Crippen molar-refractivity contribution in [3.05, 3.63) is 36.2 Å². The lowest BCUT2D eigenvalue weighted by atomic mass is 10.1. The summed E-state index contributed by atoms with van der Waals surface area (Å²) in [5, 5.41) is 20.8. The van der Waals surface area contributed by atoms with Crippen molar-refractivity contribution in [3.8, 4) is 17.0 Å². The van der Waals surface area contributed by atoms with E-state index < -0.39 is 25.0 Å². The molecule has 0 unspecified atom stereocenters. The van der Waals surface area contributed by atoms with Gasteiger partial charge >= 0.3 is 0 Å². The standard InChI is InChI=1S/C15H15N3O2.C7H11F2NO2/c1-9-6-11(4-5-13(9)19)12-7-14(17-8-16-12)18-15(20)10-2-3-10;8-7(9)2-1-3-10(5-7)6(12)4-11/h4-8,10,19H,2-3H2,1H3,(H,16,17,18,20);11H,1-5H2. The number of aryl methyl sites for hydroxylation is 1. The summed E-state index contributed by atoms with van der Waals surface area (Å²) in [5.41, 5.74) is 2.38. The Hall–Kier alpha value is -3.14. The first-order chi connectivity index (χ1) is 15.2. The Bertz CT molecular complexity index is 982. The zero-order valence-corrected chi connectivity index (χ0v) is 17.7. The molecular formula is C22H26F2N4O4. The molecular weight excluding hydrogens is 422 g/mol. The number of hydrogen-bond acceptors (Lipinski definition) is 6. The van der Waals surface area contributed by atoms with E-state index in [-0.39, 0.29) is 24.0 Å². The van der Waals surface area contributed by atoms with Crippen molar-refractivity contribution in [1.82, 2.24) is 14.9 Å². The second-order valence-corrected chi connectivity index (χ2v) is 7.99. The number of carbonyl (C=O) groups is 2. The van der Waals surface area contributed by atoms with E-state index in [1.807, 2.05) is 13.0 Å².